The van der Waals surface area contributed by atoms with Crippen LogP contribution >= 0.6 is 0 Å². The fourth-order valence-electron chi connectivity index (χ4n) is 1.21. The summed E-state index contributed by atoms with van der Waals surface area (Å²) in [5.74, 6) is 0.0699. The van der Waals surface area contributed by atoms with Gasteiger partial charge < -0.3 is 5.32 Å². The third-order valence-electron chi connectivity index (χ3n) is 2.07. The lowest BCUT2D eigenvalue weighted by molar-refractivity contribution is -0.119. The highest BCUT2D eigenvalue weighted by Crippen LogP contribution is 2.11. The van der Waals surface area contributed by atoms with E-state index in [4.69, 9.17) is 0 Å². The van der Waals surface area contributed by atoms with Crippen LogP contribution in [0.3, 0.4) is 0 Å². The molecule has 0 spiro atoms. The molecule has 1 amide bonds. The van der Waals surface area contributed by atoms with Crippen LogP contribution in [-0.2, 0) is 4.79 Å². The van der Waals surface area contributed by atoms with Crippen molar-refractivity contribution in [3.05, 3.63) is 12.2 Å². The fraction of sp³-hybridized carbons (Fsp3) is 0.727. The van der Waals surface area contributed by atoms with E-state index < -0.39 is 0 Å². The maximum Gasteiger partial charge on any atom is 0.223 e. The molecule has 0 fully saturated rings. The van der Waals surface area contributed by atoms with Crippen molar-refractivity contribution in [1.82, 2.24) is 5.32 Å². The summed E-state index contributed by atoms with van der Waals surface area (Å²) in [6, 6.07) is 0. The molecule has 0 aliphatic heterocycles. The molecular weight excluding hydrogens is 162 g/mol. The SMILES string of the molecule is C=C(CCCCCC)CC(=O)NC. The Morgan fingerprint density at radius 2 is 2.00 bits per heavy atom. The third kappa shape index (κ3) is 7.57. The molecular formula is C11H21NO. The molecule has 76 valence electrons. The lowest BCUT2D eigenvalue weighted by atomic mass is 10.1. The van der Waals surface area contributed by atoms with Gasteiger partial charge in [-0.05, 0) is 12.8 Å². The number of hydrogen-bond donors (Lipinski definition) is 1. The number of nitrogens with one attached hydrogen (secondary N) is 1. The minimum atomic E-state index is 0.0699. The third-order valence-corrected chi connectivity index (χ3v) is 2.07. The molecule has 0 aliphatic carbocycles. The highest BCUT2D eigenvalue weighted by molar-refractivity contribution is 5.77. The lowest BCUT2D eigenvalue weighted by Gasteiger charge is -2.03. The van der Waals surface area contributed by atoms with E-state index in [2.05, 4.69) is 18.8 Å². The van der Waals surface area contributed by atoms with Gasteiger partial charge in [-0.1, -0.05) is 38.3 Å². The average molecular weight is 183 g/mol. The van der Waals surface area contributed by atoms with Crippen LogP contribution in [0.5, 0.6) is 0 Å². The van der Waals surface area contributed by atoms with Gasteiger partial charge in [-0.2, -0.15) is 0 Å². The molecule has 0 aromatic rings. The molecule has 1 N–H and O–H groups in total. The molecule has 0 radical (unpaired) electrons. The van der Waals surface area contributed by atoms with Crippen LogP contribution in [0.1, 0.15) is 45.4 Å². The summed E-state index contributed by atoms with van der Waals surface area (Å²) >= 11 is 0. The number of hydrogen-bond acceptors (Lipinski definition) is 1. The Morgan fingerprint density at radius 3 is 2.54 bits per heavy atom. The van der Waals surface area contributed by atoms with E-state index in [9.17, 15) is 4.79 Å². The van der Waals surface area contributed by atoms with Crippen LogP contribution in [0.4, 0.5) is 0 Å². The zero-order valence-corrected chi connectivity index (χ0v) is 8.86. The second-order valence-electron chi connectivity index (χ2n) is 3.41. The van der Waals surface area contributed by atoms with E-state index >= 15 is 0 Å². The molecule has 0 rings (SSSR count). The van der Waals surface area contributed by atoms with Crippen LogP contribution in [-0.4, -0.2) is 13.0 Å². The van der Waals surface area contributed by atoms with Gasteiger partial charge in [0.25, 0.3) is 0 Å². The first-order valence-electron chi connectivity index (χ1n) is 5.08. The number of amides is 1. The first-order chi connectivity index (χ1) is 6.20. The lowest BCUT2D eigenvalue weighted by Crippen LogP contribution is -2.17. The maximum absolute atomic E-state index is 10.9. The summed E-state index contributed by atoms with van der Waals surface area (Å²) < 4.78 is 0. The average Bonchev–Trinajstić information content (AvgIpc) is 2.12. The Bertz CT molecular complexity index is 163. The molecule has 0 aromatic heterocycles. The highest BCUT2D eigenvalue weighted by atomic mass is 16.1. The molecule has 0 saturated heterocycles. The van der Waals surface area contributed by atoms with Crippen molar-refractivity contribution in [3.8, 4) is 0 Å². The predicted octanol–water partition coefficient (Wildman–Crippen LogP) is 2.65. The second-order valence-corrected chi connectivity index (χ2v) is 3.41. The Balaban J connectivity index is 3.35. The maximum atomic E-state index is 10.9. The smallest absolute Gasteiger partial charge is 0.223 e. The van der Waals surface area contributed by atoms with Gasteiger partial charge >= 0.3 is 0 Å². The molecule has 0 aromatic carbocycles. The molecule has 13 heavy (non-hydrogen) atoms. The van der Waals surface area contributed by atoms with Crippen molar-refractivity contribution in [2.45, 2.75) is 45.4 Å². The monoisotopic (exact) mass is 183 g/mol. The Hall–Kier alpha value is -0.790. The predicted molar refractivity (Wildman–Crippen MR) is 56.6 cm³/mol. The first-order valence-corrected chi connectivity index (χ1v) is 5.08. The van der Waals surface area contributed by atoms with E-state index in [1.165, 1.54) is 25.7 Å². The summed E-state index contributed by atoms with van der Waals surface area (Å²) in [5.41, 5.74) is 1.05. The molecule has 0 unspecified atom stereocenters. The standard InChI is InChI=1S/C11H21NO/c1-4-5-6-7-8-10(2)9-11(13)12-3/h2,4-9H2,1,3H3,(H,12,13). The molecule has 0 atom stereocenters. The molecule has 2 nitrogen and oxygen atoms in total. The first kappa shape index (κ1) is 12.2. The van der Waals surface area contributed by atoms with Gasteiger partial charge in [-0.25, -0.2) is 0 Å². The van der Waals surface area contributed by atoms with E-state index in [-0.39, 0.29) is 5.91 Å². The van der Waals surface area contributed by atoms with Crippen molar-refractivity contribution >= 4 is 5.91 Å². The summed E-state index contributed by atoms with van der Waals surface area (Å²) in [4.78, 5) is 10.9. The largest absolute Gasteiger partial charge is 0.359 e. The van der Waals surface area contributed by atoms with Crippen molar-refractivity contribution in [1.29, 1.82) is 0 Å². The van der Waals surface area contributed by atoms with Crippen molar-refractivity contribution in [2.75, 3.05) is 7.05 Å². The van der Waals surface area contributed by atoms with Crippen LogP contribution in [0.25, 0.3) is 0 Å². The van der Waals surface area contributed by atoms with Crippen LogP contribution in [0, 0.1) is 0 Å². The number of rotatable bonds is 7. The van der Waals surface area contributed by atoms with Gasteiger partial charge in [0.2, 0.25) is 5.91 Å². The summed E-state index contributed by atoms with van der Waals surface area (Å²) in [6.07, 6.45) is 6.44. The van der Waals surface area contributed by atoms with E-state index in [1.807, 2.05) is 0 Å². The topological polar surface area (TPSA) is 29.1 Å². The fourth-order valence-corrected chi connectivity index (χ4v) is 1.21. The van der Waals surface area contributed by atoms with E-state index in [0.29, 0.717) is 6.42 Å². The van der Waals surface area contributed by atoms with Gasteiger partial charge in [-0.3, -0.25) is 4.79 Å². The molecule has 0 heterocycles. The van der Waals surface area contributed by atoms with Gasteiger partial charge in [0.1, 0.15) is 0 Å². The molecule has 0 aliphatic rings. The zero-order chi connectivity index (χ0) is 10.1. The minimum Gasteiger partial charge on any atom is -0.359 e. The summed E-state index contributed by atoms with van der Waals surface area (Å²) in [6.45, 7) is 6.07. The normalized spacial score (nSPS) is 9.69. The van der Waals surface area contributed by atoms with Crippen molar-refractivity contribution in [2.24, 2.45) is 0 Å². The van der Waals surface area contributed by atoms with Gasteiger partial charge in [0, 0.05) is 13.5 Å². The van der Waals surface area contributed by atoms with Crippen molar-refractivity contribution < 1.29 is 4.79 Å². The Kier molecular flexibility index (Phi) is 7.36. The Labute approximate surface area is 81.4 Å². The van der Waals surface area contributed by atoms with Crippen molar-refractivity contribution in [3.63, 3.8) is 0 Å². The van der Waals surface area contributed by atoms with Gasteiger partial charge in [0.05, 0.1) is 0 Å². The second kappa shape index (κ2) is 7.84. The zero-order valence-electron chi connectivity index (χ0n) is 8.86. The summed E-state index contributed by atoms with van der Waals surface area (Å²) in [7, 11) is 1.66. The summed E-state index contributed by atoms with van der Waals surface area (Å²) in [5, 5.41) is 2.60. The van der Waals surface area contributed by atoms with Gasteiger partial charge in [0.15, 0.2) is 0 Å². The minimum absolute atomic E-state index is 0.0699. The van der Waals surface area contributed by atoms with E-state index in [0.717, 1.165) is 12.0 Å². The quantitative estimate of drug-likeness (QED) is 0.477. The Morgan fingerprint density at radius 1 is 1.31 bits per heavy atom. The number of carbonyl (C=O) groups is 1. The van der Waals surface area contributed by atoms with Crippen LogP contribution in [0.15, 0.2) is 12.2 Å². The number of unbranched alkanes of at least 4 members (excludes halogenated alkanes) is 3. The van der Waals surface area contributed by atoms with Gasteiger partial charge in [-0.15, -0.1) is 0 Å². The van der Waals surface area contributed by atoms with E-state index in [1.54, 1.807) is 7.05 Å². The molecule has 0 saturated carbocycles. The van der Waals surface area contributed by atoms with Crippen LogP contribution < -0.4 is 5.32 Å². The van der Waals surface area contributed by atoms with Crippen LogP contribution in [0.2, 0.25) is 0 Å². The molecule has 0 bridgehead atoms. The molecule has 2 heteroatoms. The highest BCUT2D eigenvalue weighted by Gasteiger charge is 2.00. The number of carbonyl (C=O) groups excluding carboxylic acids is 1.